The first-order chi connectivity index (χ1) is 9.58. The molecule has 2 rings (SSSR count). The number of carbonyl (C=O) groups is 2. The van der Waals surface area contributed by atoms with Crippen LogP contribution in [0.3, 0.4) is 0 Å². The van der Waals surface area contributed by atoms with E-state index in [-0.39, 0.29) is 17.9 Å². The quantitative estimate of drug-likeness (QED) is 0.885. The predicted molar refractivity (Wildman–Crippen MR) is 78.3 cm³/mol. The van der Waals surface area contributed by atoms with E-state index in [4.69, 9.17) is 0 Å². The highest BCUT2D eigenvalue weighted by atomic mass is 16.2. The van der Waals surface area contributed by atoms with Gasteiger partial charge in [0.25, 0.3) is 0 Å². The van der Waals surface area contributed by atoms with E-state index in [1.54, 1.807) is 11.9 Å². The topological polar surface area (TPSA) is 49.4 Å². The summed E-state index contributed by atoms with van der Waals surface area (Å²) in [5, 5.41) is 2.93. The van der Waals surface area contributed by atoms with Crippen molar-refractivity contribution in [2.45, 2.75) is 38.6 Å². The van der Waals surface area contributed by atoms with Gasteiger partial charge in [0.15, 0.2) is 0 Å². The van der Waals surface area contributed by atoms with E-state index in [0.29, 0.717) is 19.4 Å². The average molecular weight is 274 g/mol. The summed E-state index contributed by atoms with van der Waals surface area (Å²) in [7, 11) is 1.77. The molecule has 1 aliphatic heterocycles. The molecular weight excluding hydrogens is 252 g/mol. The maximum absolute atomic E-state index is 11.9. The molecule has 1 saturated heterocycles. The fourth-order valence-electron chi connectivity index (χ4n) is 2.46. The van der Waals surface area contributed by atoms with Gasteiger partial charge in [-0.15, -0.1) is 0 Å². The minimum absolute atomic E-state index is 0.0255. The highest BCUT2D eigenvalue weighted by Gasteiger charge is 2.27. The fraction of sp³-hybridized carbons (Fsp3) is 0.500. The minimum atomic E-state index is -0.0255. The first-order valence-corrected chi connectivity index (χ1v) is 7.19. The van der Waals surface area contributed by atoms with Crippen molar-refractivity contribution in [3.63, 3.8) is 0 Å². The summed E-state index contributed by atoms with van der Waals surface area (Å²) in [5.74, 6) is 0.128. The van der Waals surface area contributed by atoms with Crippen LogP contribution in [0.4, 0.5) is 0 Å². The van der Waals surface area contributed by atoms with E-state index >= 15 is 0 Å². The number of rotatable bonds is 5. The Morgan fingerprint density at radius 3 is 2.50 bits per heavy atom. The third-order valence-corrected chi connectivity index (χ3v) is 3.78. The van der Waals surface area contributed by atoms with Gasteiger partial charge >= 0.3 is 0 Å². The van der Waals surface area contributed by atoms with Gasteiger partial charge in [-0.1, -0.05) is 31.2 Å². The minimum Gasteiger partial charge on any atom is -0.351 e. The van der Waals surface area contributed by atoms with Crippen molar-refractivity contribution in [2.75, 3.05) is 13.6 Å². The summed E-state index contributed by atoms with van der Waals surface area (Å²) in [6.45, 7) is 2.75. The van der Waals surface area contributed by atoms with Crippen molar-refractivity contribution in [2.24, 2.45) is 0 Å². The van der Waals surface area contributed by atoms with Crippen LogP contribution >= 0.6 is 0 Å². The van der Waals surface area contributed by atoms with Crippen LogP contribution in [0.15, 0.2) is 24.3 Å². The van der Waals surface area contributed by atoms with Crippen LogP contribution < -0.4 is 5.32 Å². The lowest BCUT2D eigenvalue weighted by Crippen LogP contribution is -2.36. The first-order valence-electron chi connectivity index (χ1n) is 7.19. The second kappa shape index (κ2) is 6.55. The van der Waals surface area contributed by atoms with Crippen molar-refractivity contribution in [3.05, 3.63) is 35.4 Å². The lowest BCUT2D eigenvalue weighted by atomic mass is 10.1. The maximum atomic E-state index is 11.9. The number of hydrogen-bond donors (Lipinski definition) is 1. The number of nitrogens with zero attached hydrogens (tertiary/aromatic N) is 1. The van der Waals surface area contributed by atoms with Crippen LogP contribution in [-0.4, -0.2) is 36.3 Å². The van der Waals surface area contributed by atoms with Gasteiger partial charge in [-0.3, -0.25) is 9.59 Å². The Labute approximate surface area is 120 Å². The number of amides is 2. The zero-order chi connectivity index (χ0) is 14.5. The number of likely N-dealkylation sites (N-methyl/N-ethyl adjacent to an activating group) is 1. The molecule has 0 aromatic heterocycles. The number of carbonyl (C=O) groups excluding carboxylic acids is 2. The zero-order valence-electron chi connectivity index (χ0n) is 12.2. The van der Waals surface area contributed by atoms with Gasteiger partial charge in [0.05, 0.1) is 6.04 Å². The molecule has 108 valence electrons. The van der Waals surface area contributed by atoms with Crippen LogP contribution in [0.5, 0.6) is 0 Å². The molecule has 1 atom stereocenters. The van der Waals surface area contributed by atoms with Crippen LogP contribution in [0.25, 0.3) is 0 Å². The van der Waals surface area contributed by atoms with Crippen LogP contribution in [0.1, 0.15) is 30.9 Å². The average Bonchev–Trinajstić information content (AvgIpc) is 2.75. The second-order valence-electron chi connectivity index (χ2n) is 5.41. The van der Waals surface area contributed by atoms with Crippen molar-refractivity contribution in [3.8, 4) is 0 Å². The summed E-state index contributed by atoms with van der Waals surface area (Å²) in [6, 6.07) is 8.36. The number of benzene rings is 1. The monoisotopic (exact) mass is 274 g/mol. The summed E-state index contributed by atoms with van der Waals surface area (Å²) < 4.78 is 0. The van der Waals surface area contributed by atoms with E-state index in [1.165, 1.54) is 11.1 Å². The van der Waals surface area contributed by atoms with Gasteiger partial charge in [0.2, 0.25) is 11.8 Å². The molecule has 1 aliphatic rings. The summed E-state index contributed by atoms with van der Waals surface area (Å²) in [6.07, 6.45) is 2.67. The molecule has 0 saturated carbocycles. The number of nitrogens with one attached hydrogen (secondary N) is 1. The van der Waals surface area contributed by atoms with Gasteiger partial charge in [-0.05, 0) is 24.0 Å². The number of aryl methyl sites for hydroxylation is 2. The summed E-state index contributed by atoms with van der Waals surface area (Å²) >= 11 is 0. The van der Waals surface area contributed by atoms with Gasteiger partial charge in [0.1, 0.15) is 0 Å². The Bertz CT molecular complexity index is 482. The summed E-state index contributed by atoms with van der Waals surface area (Å²) in [5.41, 5.74) is 2.49. The molecule has 1 fully saturated rings. The van der Waals surface area contributed by atoms with Gasteiger partial charge in [-0.25, -0.2) is 0 Å². The van der Waals surface area contributed by atoms with E-state index < -0.39 is 0 Å². The smallest absolute Gasteiger partial charge is 0.224 e. The lowest BCUT2D eigenvalue weighted by molar-refractivity contribution is -0.126. The molecule has 2 amide bonds. The lowest BCUT2D eigenvalue weighted by Gasteiger charge is -2.12. The molecule has 1 aromatic carbocycles. The number of hydrogen-bond acceptors (Lipinski definition) is 2. The van der Waals surface area contributed by atoms with Crippen LogP contribution in [-0.2, 0) is 22.4 Å². The Morgan fingerprint density at radius 1 is 1.30 bits per heavy atom. The Hall–Kier alpha value is -1.84. The van der Waals surface area contributed by atoms with E-state index in [1.807, 2.05) is 0 Å². The Morgan fingerprint density at radius 2 is 1.95 bits per heavy atom. The molecule has 1 heterocycles. The summed E-state index contributed by atoms with van der Waals surface area (Å²) in [4.78, 5) is 24.9. The molecule has 4 nitrogen and oxygen atoms in total. The van der Waals surface area contributed by atoms with E-state index in [2.05, 4.69) is 36.5 Å². The Balaban J connectivity index is 1.76. The first kappa shape index (κ1) is 14.6. The SMILES string of the molecule is CCc1ccc(CCC(=O)NC2CC(=O)N(C)C2)cc1. The fourth-order valence-corrected chi connectivity index (χ4v) is 2.46. The predicted octanol–water partition coefficient (Wildman–Crippen LogP) is 1.53. The Kier molecular flexibility index (Phi) is 4.77. The van der Waals surface area contributed by atoms with Crippen molar-refractivity contribution in [1.82, 2.24) is 10.2 Å². The van der Waals surface area contributed by atoms with Crippen LogP contribution in [0.2, 0.25) is 0 Å². The molecular formula is C16H22N2O2. The van der Waals surface area contributed by atoms with Crippen molar-refractivity contribution >= 4 is 11.8 Å². The normalized spacial score (nSPS) is 18.4. The van der Waals surface area contributed by atoms with Gasteiger partial charge in [-0.2, -0.15) is 0 Å². The molecule has 0 bridgehead atoms. The molecule has 1 N–H and O–H groups in total. The molecule has 1 aromatic rings. The molecule has 0 aliphatic carbocycles. The standard InChI is InChI=1S/C16H22N2O2/c1-3-12-4-6-13(7-5-12)8-9-15(19)17-14-10-16(20)18(2)11-14/h4-7,14H,3,8-11H2,1-2H3,(H,17,19). The largest absolute Gasteiger partial charge is 0.351 e. The third-order valence-electron chi connectivity index (χ3n) is 3.78. The molecule has 4 heteroatoms. The van der Waals surface area contributed by atoms with Gasteiger partial charge in [0, 0.05) is 26.4 Å². The van der Waals surface area contributed by atoms with E-state index in [9.17, 15) is 9.59 Å². The third kappa shape index (κ3) is 3.83. The van der Waals surface area contributed by atoms with Crippen molar-refractivity contribution in [1.29, 1.82) is 0 Å². The molecule has 0 radical (unpaired) electrons. The van der Waals surface area contributed by atoms with E-state index in [0.717, 1.165) is 12.8 Å². The second-order valence-corrected chi connectivity index (χ2v) is 5.41. The molecule has 1 unspecified atom stereocenters. The molecule has 20 heavy (non-hydrogen) atoms. The highest BCUT2D eigenvalue weighted by Crippen LogP contribution is 2.10. The van der Waals surface area contributed by atoms with Gasteiger partial charge < -0.3 is 10.2 Å². The zero-order valence-corrected chi connectivity index (χ0v) is 12.2. The van der Waals surface area contributed by atoms with Crippen molar-refractivity contribution < 1.29 is 9.59 Å². The number of likely N-dealkylation sites (tertiary alicyclic amines) is 1. The highest BCUT2D eigenvalue weighted by molar-refractivity contribution is 5.82. The van der Waals surface area contributed by atoms with Crippen LogP contribution in [0, 0.1) is 0 Å². The molecule has 0 spiro atoms. The maximum Gasteiger partial charge on any atom is 0.224 e.